The zero-order valence-corrected chi connectivity index (χ0v) is 15.7. The van der Waals surface area contributed by atoms with E-state index in [0.717, 1.165) is 5.56 Å². The highest BCUT2D eigenvalue weighted by molar-refractivity contribution is 7.89. The summed E-state index contributed by atoms with van der Waals surface area (Å²) in [6, 6.07) is 16.1. The van der Waals surface area contributed by atoms with E-state index in [1.54, 1.807) is 43.4 Å². The lowest BCUT2D eigenvalue weighted by Gasteiger charge is -2.08. The molecule has 0 atom stereocenters. The van der Waals surface area contributed by atoms with Gasteiger partial charge in [0.15, 0.2) is 9.84 Å². The third-order valence-corrected chi connectivity index (χ3v) is 4.98. The van der Waals surface area contributed by atoms with Gasteiger partial charge in [-0.1, -0.05) is 42.5 Å². The summed E-state index contributed by atoms with van der Waals surface area (Å²) >= 11 is 0. The summed E-state index contributed by atoms with van der Waals surface area (Å²) in [5.41, 5.74) is 2.05. The number of hydrogen-bond acceptors (Lipinski definition) is 4. The Morgan fingerprint density at radius 2 is 1.60 bits per heavy atom. The molecule has 0 bridgehead atoms. The van der Waals surface area contributed by atoms with Gasteiger partial charge in [0.05, 0.1) is 11.5 Å². The molecule has 25 heavy (non-hydrogen) atoms. The number of carbonyl (C=O) groups excluding carboxylic acids is 1. The molecule has 2 N–H and O–H groups in total. The zero-order valence-electron chi connectivity index (χ0n) is 14.1. The molecule has 0 unspecified atom stereocenters. The summed E-state index contributed by atoms with van der Waals surface area (Å²) in [7, 11) is -1.49. The van der Waals surface area contributed by atoms with Crippen molar-refractivity contribution in [3.05, 3.63) is 65.7 Å². The maximum atomic E-state index is 12.3. The van der Waals surface area contributed by atoms with Gasteiger partial charge in [-0.3, -0.25) is 4.79 Å². The molecule has 0 fully saturated rings. The highest BCUT2D eigenvalue weighted by atomic mass is 35.5. The van der Waals surface area contributed by atoms with Gasteiger partial charge < -0.3 is 10.6 Å². The standard InChI is InChI=1S/C18H22N2O3S.ClH/c1-19-11-10-18(21)20-17-9-5-8-16(12-17)14-24(22,23)13-15-6-3-2-4-7-15;/h2-9,12,19H,10-11,13-14H2,1H3,(H,20,21);1H. The number of rotatable bonds is 8. The second-order valence-corrected chi connectivity index (χ2v) is 7.68. The van der Waals surface area contributed by atoms with Crippen molar-refractivity contribution in [1.29, 1.82) is 0 Å². The summed E-state index contributed by atoms with van der Waals surface area (Å²) in [5, 5.41) is 5.69. The molecule has 0 aliphatic rings. The van der Waals surface area contributed by atoms with Crippen molar-refractivity contribution in [3.63, 3.8) is 0 Å². The second-order valence-electron chi connectivity index (χ2n) is 5.62. The summed E-state index contributed by atoms with van der Waals surface area (Å²) in [5.74, 6) is -0.150. The molecule has 0 saturated heterocycles. The van der Waals surface area contributed by atoms with Crippen LogP contribution in [0.1, 0.15) is 17.5 Å². The first-order valence-electron chi connectivity index (χ1n) is 7.76. The van der Waals surface area contributed by atoms with Crippen molar-refractivity contribution in [1.82, 2.24) is 5.32 Å². The molecule has 0 spiro atoms. The van der Waals surface area contributed by atoms with E-state index in [2.05, 4.69) is 10.6 Å². The number of carbonyl (C=O) groups is 1. The van der Waals surface area contributed by atoms with Gasteiger partial charge in [0.1, 0.15) is 0 Å². The third kappa shape index (κ3) is 7.69. The topological polar surface area (TPSA) is 75.3 Å². The summed E-state index contributed by atoms with van der Waals surface area (Å²) in [4.78, 5) is 11.7. The van der Waals surface area contributed by atoms with E-state index in [1.165, 1.54) is 0 Å². The molecule has 7 heteroatoms. The van der Waals surface area contributed by atoms with Crippen molar-refractivity contribution in [3.8, 4) is 0 Å². The van der Waals surface area contributed by atoms with Gasteiger partial charge in [0.25, 0.3) is 0 Å². The first kappa shape index (κ1) is 21.2. The van der Waals surface area contributed by atoms with Gasteiger partial charge in [0, 0.05) is 18.7 Å². The number of nitrogens with one attached hydrogen (secondary N) is 2. The van der Waals surface area contributed by atoms with Gasteiger partial charge in [-0.15, -0.1) is 12.4 Å². The van der Waals surface area contributed by atoms with Crippen molar-refractivity contribution in [2.75, 3.05) is 18.9 Å². The predicted molar refractivity (Wildman–Crippen MR) is 104 cm³/mol. The van der Waals surface area contributed by atoms with Crippen LogP contribution in [-0.4, -0.2) is 27.9 Å². The highest BCUT2D eigenvalue weighted by Gasteiger charge is 2.13. The molecule has 136 valence electrons. The minimum absolute atomic E-state index is 0. The molecule has 0 aromatic heterocycles. The smallest absolute Gasteiger partial charge is 0.225 e. The summed E-state index contributed by atoms with van der Waals surface area (Å²) in [6.07, 6.45) is 0.368. The Bertz CT molecular complexity index is 780. The monoisotopic (exact) mass is 382 g/mol. The van der Waals surface area contributed by atoms with E-state index >= 15 is 0 Å². The second kappa shape index (κ2) is 10.2. The van der Waals surface area contributed by atoms with Crippen molar-refractivity contribution < 1.29 is 13.2 Å². The number of hydrogen-bond donors (Lipinski definition) is 2. The minimum Gasteiger partial charge on any atom is -0.326 e. The van der Waals surface area contributed by atoms with Gasteiger partial charge >= 0.3 is 0 Å². The normalized spacial score (nSPS) is 10.8. The van der Waals surface area contributed by atoms with E-state index in [-0.39, 0.29) is 29.8 Å². The van der Waals surface area contributed by atoms with Crippen LogP contribution >= 0.6 is 12.4 Å². The Labute approximate surface area is 155 Å². The Hall–Kier alpha value is -1.89. The molecular weight excluding hydrogens is 360 g/mol. The molecule has 0 radical (unpaired) electrons. The minimum atomic E-state index is -3.27. The molecular formula is C18H23ClN2O3S. The molecule has 2 rings (SSSR count). The Balaban J connectivity index is 0.00000312. The first-order chi connectivity index (χ1) is 11.5. The number of amides is 1. The van der Waals surface area contributed by atoms with Gasteiger partial charge in [0.2, 0.25) is 5.91 Å². The lowest BCUT2D eigenvalue weighted by atomic mass is 10.2. The fourth-order valence-electron chi connectivity index (χ4n) is 2.33. The predicted octanol–water partition coefficient (Wildman–Crippen LogP) is 2.77. The van der Waals surface area contributed by atoms with E-state index in [1.807, 2.05) is 18.2 Å². The van der Waals surface area contributed by atoms with Gasteiger partial charge in [-0.05, 0) is 30.3 Å². The van der Waals surface area contributed by atoms with E-state index in [4.69, 9.17) is 0 Å². The van der Waals surface area contributed by atoms with Gasteiger partial charge in [-0.25, -0.2) is 8.42 Å². The van der Waals surface area contributed by atoms with E-state index < -0.39 is 9.84 Å². The molecule has 1 amide bonds. The first-order valence-corrected chi connectivity index (χ1v) is 9.58. The van der Waals surface area contributed by atoms with Crippen LogP contribution in [0, 0.1) is 0 Å². The fourth-order valence-corrected chi connectivity index (χ4v) is 3.82. The molecule has 5 nitrogen and oxygen atoms in total. The van der Waals surface area contributed by atoms with Crippen LogP contribution in [0.2, 0.25) is 0 Å². The SMILES string of the molecule is CNCCC(=O)Nc1cccc(CS(=O)(=O)Cc2ccccc2)c1.Cl. The third-order valence-electron chi connectivity index (χ3n) is 3.43. The number of sulfone groups is 1. The Morgan fingerprint density at radius 3 is 2.28 bits per heavy atom. The van der Waals surface area contributed by atoms with E-state index in [0.29, 0.717) is 24.2 Å². The summed E-state index contributed by atoms with van der Waals surface area (Å²) in [6.45, 7) is 0.594. The quantitative estimate of drug-likeness (QED) is 0.736. The van der Waals surface area contributed by atoms with Crippen LogP contribution in [0.25, 0.3) is 0 Å². The van der Waals surface area contributed by atoms with Crippen LogP contribution in [-0.2, 0) is 26.1 Å². The van der Waals surface area contributed by atoms with Crippen molar-refractivity contribution in [2.24, 2.45) is 0 Å². The Morgan fingerprint density at radius 1 is 0.960 bits per heavy atom. The zero-order chi connectivity index (χ0) is 17.4. The molecule has 0 saturated carbocycles. The number of halogens is 1. The van der Waals surface area contributed by atoms with Crippen molar-refractivity contribution in [2.45, 2.75) is 17.9 Å². The fraction of sp³-hybridized carbons (Fsp3) is 0.278. The van der Waals surface area contributed by atoms with Crippen LogP contribution in [0.15, 0.2) is 54.6 Å². The van der Waals surface area contributed by atoms with Crippen LogP contribution in [0.4, 0.5) is 5.69 Å². The van der Waals surface area contributed by atoms with Crippen molar-refractivity contribution >= 4 is 33.8 Å². The average molecular weight is 383 g/mol. The lowest BCUT2D eigenvalue weighted by molar-refractivity contribution is -0.116. The maximum absolute atomic E-state index is 12.3. The molecule has 2 aromatic carbocycles. The number of benzene rings is 2. The molecule has 0 aliphatic heterocycles. The molecule has 2 aromatic rings. The average Bonchev–Trinajstić information content (AvgIpc) is 2.53. The maximum Gasteiger partial charge on any atom is 0.225 e. The largest absolute Gasteiger partial charge is 0.326 e. The number of anilines is 1. The van der Waals surface area contributed by atoms with Crippen LogP contribution < -0.4 is 10.6 Å². The highest BCUT2D eigenvalue weighted by Crippen LogP contribution is 2.16. The van der Waals surface area contributed by atoms with Crippen LogP contribution in [0.5, 0.6) is 0 Å². The van der Waals surface area contributed by atoms with Crippen LogP contribution in [0.3, 0.4) is 0 Å². The lowest BCUT2D eigenvalue weighted by Crippen LogP contribution is -2.18. The molecule has 0 heterocycles. The van der Waals surface area contributed by atoms with E-state index in [9.17, 15) is 13.2 Å². The molecule has 0 aliphatic carbocycles. The Kier molecular flexibility index (Phi) is 8.61. The summed E-state index contributed by atoms with van der Waals surface area (Å²) < 4.78 is 24.7. The van der Waals surface area contributed by atoms with Gasteiger partial charge in [-0.2, -0.15) is 0 Å².